The van der Waals surface area contributed by atoms with Gasteiger partial charge in [-0.05, 0) is 23.8 Å². The largest absolute Gasteiger partial charge is 0.378 e. The van der Waals surface area contributed by atoms with Gasteiger partial charge >= 0.3 is 0 Å². The van der Waals surface area contributed by atoms with Crippen LogP contribution in [0.3, 0.4) is 0 Å². The Labute approximate surface area is 106 Å². The van der Waals surface area contributed by atoms with Crippen molar-refractivity contribution in [2.75, 3.05) is 19.0 Å². The molecule has 0 saturated carbocycles. The number of benzene rings is 1. The molecule has 0 spiro atoms. The summed E-state index contributed by atoms with van der Waals surface area (Å²) in [6, 6.07) is 8.30. The Morgan fingerprint density at radius 3 is 2.39 bits per heavy atom. The first-order valence-electron chi connectivity index (χ1n) is 5.59. The molecule has 5 heteroatoms. The summed E-state index contributed by atoms with van der Waals surface area (Å²) < 4.78 is 1.54. The van der Waals surface area contributed by atoms with Crippen LogP contribution in [0.25, 0.3) is 6.08 Å². The van der Waals surface area contributed by atoms with Gasteiger partial charge in [-0.1, -0.05) is 18.2 Å². The molecule has 0 unspecified atom stereocenters. The third-order valence-corrected chi connectivity index (χ3v) is 2.39. The topological polar surface area (TPSA) is 46.3 Å². The smallest absolute Gasteiger partial charge is 0.141 e. The van der Waals surface area contributed by atoms with Crippen LogP contribution >= 0.6 is 0 Å². The molecule has 18 heavy (non-hydrogen) atoms. The zero-order chi connectivity index (χ0) is 12.8. The molecule has 0 aliphatic rings. The van der Waals surface area contributed by atoms with Gasteiger partial charge in [-0.2, -0.15) is 5.10 Å². The summed E-state index contributed by atoms with van der Waals surface area (Å²) in [5, 5.41) is 11.4. The molecule has 1 aromatic heterocycles. The van der Waals surface area contributed by atoms with E-state index in [-0.39, 0.29) is 0 Å². The van der Waals surface area contributed by atoms with Gasteiger partial charge in [0, 0.05) is 26.0 Å². The fourth-order valence-corrected chi connectivity index (χ4v) is 1.41. The highest BCUT2D eigenvalue weighted by molar-refractivity contribution is 5.78. The molecule has 0 aliphatic carbocycles. The lowest BCUT2D eigenvalue weighted by molar-refractivity contribution is 0.879. The zero-order valence-electron chi connectivity index (χ0n) is 10.4. The maximum Gasteiger partial charge on any atom is 0.141 e. The third kappa shape index (κ3) is 3.28. The molecule has 0 radical (unpaired) electrons. The van der Waals surface area contributed by atoms with Gasteiger partial charge in [-0.3, -0.25) is 0 Å². The third-order valence-electron chi connectivity index (χ3n) is 2.39. The average Bonchev–Trinajstić information content (AvgIpc) is 2.88. The minimum atomic E-state index is 1.14. The van der Waals surface area contributed by atoms with Crippen molar-refractivity contribution < 1.29 is 0 Å². The van der Waals surface area contributed by atoms with E-state index in [0.29, 0.717) is 0 Å². The highest BCUT2D eigenvalue weighted by Crippen LogP contribution is 2.12. The number of aromatic nitrogens is 3. The number of anilines is 1. The lowest BCUT2D eigenvalue weighted by Gasteiger charge is -2.11. The van der Waals surface area contributed by atoms with Crippen molar-refractivity contribution in [2.45, 2.75) is 0 Å². The molecule has 0 saturated heterocycles. The second-order valence-electron chi connectivity index (χ2n) is 3.95. The van der Waals surface area contributed by atoms with E-state index >= 15 is 0 Å². The second kappa shape index (κ2) is 5.77. The van der Waals surface area contributed by atoms with E-state index < -0.39 is 0 Å². The predicted molar refractivity (Wildman–Crippen MR) is 73.7 cm³/mol. The van der Waals surface area contributed by atoms with Crippen molar-refractivity contribution in [1.82, 2.24) is 14.9 Å². The molecule has 2 rings (SSSR count). The fourth-order valence-electron chi connectivity index (χ4n) is 1.41. The Morgan fingerprint density at radius 2 is 1.78 bits per heavy atom. The number of rotatable bonds is 4. The van der Waals surface area contributed by atoms with Crippen LogP contribution < -0.4 is 4.90 Å². The maximum atomic E-state index is 4.10. The van der Waals surface area contributed by atoms with Crippen molar-refractivity contribution in [3.63, 3.8) is 0 Å². The van der Waals surface area contributed by atoms with Crippen LogP contribution in [0.5, 0.6) is 0 Å². The molecule has 0 aliphatic heterocycles. The summed E-state index contributed by atoms with van der Waals surface area (Å²) in [4.78, 5) is 2.07. The van der Waals surface area contributed by atoms with Crippen molar-refractivity contribution in [3.05, 3.63) is 48.6 Å². The molecular formula is C13H15N5. The van der Waals surface area contributed by atoms with E-state index in [2.05, 4.69) is 44.5 Å². The Morgan fingerprint density at radius 1 is 1.11 bits per heavy atom. The Bertz CT molecular complexity index is 523. The maximum absolute atomic E-state index is 4.10. The molecule has 1 heterocycles. The normalized spacial score (nSPS) is 11.4. The van der Waals surface area contributed by atoms with Crippen molar-refractivity contribution >= 4 is 18.0 Å². The number of nitrogens with zero attached hydrogens (tertiary/aromatic N) is 5. The molecule has 0 atom stereocenters. The van der Waals surface area contributed by atoms with E-state index in [9.17, 15) is 0 Å². The van der Waals surface area contributed by atoms with Crippen molar-refractivity contribution in [2.24, 2.45) is 5.10 Å². The number of allylic oxidation sites excluding steroid dienone is 1. The van der Waals surface area contributed by atoms with Gasteiger partial charge in [0.05, 0.1) is 0 Å². The minimum absolute atomic E-state index is 1.14. The van der Waals surface area contributed by atoms with E-state index in [4.69, 9.17) is 0 Å². The number of hydrogen-bond acceptors (Lipinski definition) is 4. The molecule has 0 N–H and O–H groups in total. The summed E-state index contributed by atoms with van der Waals surface area (Å²) >= 11 is 0. The minimum Gasteiger partial charge on any atom is -0.378 e. The van der Waals surface area contributed by atoms with Gasteiger partial charge in [-0.25, -0.2) is 4.68 Å². The van der Waals surface area contributed by atoms with Crippen LogP contribution in [0.4, 0.5) is 5.69 Å². The first-order valence-corrected chi connectivity index (χ1v) is 5.59. The predicted octanol–water partition coefficient (Wildman–Crippen LogP) is 1.89. The van der Waals surface area contributed by atoms with Gasteiger partial charge in [-0.15, -0.1) is 10.2 Å². The Balaban J connectivity index is 1.97. The average molecular weight is 241 g/mol. The van der Waals surface area contributed by atoms with Gasteiger partial charge in [0.1, 0.15) is 12.7 Å². The summed E-state index contributed by atoms with van der Waals surface area (Å²) in [6.45, 7) is 0. The molecule has 5 nitrogen and oxygen atoms in total. The summed E-state index contributed by atoms with van der Waals surface area (Å²) in [6.07, 6.45) is 8.65. The van der Waals surface area contributed by atoms with Crippen molar-refractivity contribution in [3.8, 4) is 0 Å². The monoisotopic (exact) mass is 241 g/mol. The zero-order valence-corrected chi connectivity index (χ0v) is 10.4. The van der Waals surface area contributed by atoms with Gasteiger partial charge in [0.2, 0.25) is 0 Å². The van der Waals surface area contributed by atoms with Gasteiger partial charge in [0.25, 0.3) is 0 Å². The lowest BCUT2D eigenvalue weighted by Crippen LogP contribution is -2.07. The van der Waals surface area contributed by atoms with Gasteiger partial charge < -0.3 is 4.90 Å². The highest BCUT2D eigenvalue weighted by Gasteiger charge is 1.92. The van der Waals surface area contributed by atoms with Crippen LogP contribution in [0.1, 0.15) is 5.56 Å². The van der Waals surface area contributed by atoms with Crippen LogP contribution in [0.2, 0.25) is 0 Å². The fraction of sp³-hybridized carbons (Fsp3) is 0.154. The molecule has 0 fully saturated rings. The molecule has 1 aromatic carbocycles. The van der Waals surface area contributed by atoms with Crippen LogP contribution in [0.15, 0.2) is 48.1 Å². The summed E-state index contributed by atoms with van der Waals surface area (Å²) in [7, 11) is 4.05. The van der Waals surface area contributed by atoms with Crippen LogP contribution in [0, 0.1) is 0 Å². The molecular weight excluding hydrogens is 226 g/mol. The highest BCUT2D eigenvalue weighted by atomic mass is 15.4. The summed E-state index contributed by atoms with van der Waals surface area (Å²) in [5.74, 6) is 0. The first kappa shape index (κ1) is 12.0. The van der Waals surface area contributed by atoms with E-state index in [1.807, 2.05) is 26.2 Å². The van der Waals surface area contributed by atoms with Crippen LogP contribution in [-0.4, -0.2) is 35.2 Å². The SMILES string of the molecule is CN(C)c1ccc(/C=C\C=N/n2cnnc2)cc1. The second-order valence-corrected chi connectivity index (χ2v) is 3.95. The summed E-state index contributed by atoms with van der Waals surface area (Å²) in [5.41, 5.74) is 2.32. The molecule has 0 amide bonds. The first-order chi connectivity index (χ1) is 8.75. The van der Waals surface area contributed by atoms with Crippen LogP contribution in [-0.2, 0) is 0 Å². The molecule has 0 bridgehead atoms. The van der Waals surface area contributed by atoms with E-state index in [0.717, 1.165) is 5.56 Å². The van der Waals surface area contributed by atoms with E-state index in [1.165, 1.54) is 18.3 Å². The molecule has 2 aromatic rings. The van der Waals surface area contributed by atoms with Crippen molar-refractivity contribution in [1.29, 1.82) is 0 Å². The number of hydrogen-bond donors (Lipinski definition) is 0. The quantitative estimate of drug-likeness (QED) is 0.768. The lowest BCUT2D eigenvalue weighted by atomic mass is 10.2. The standard InChI is InChI=1S/C13H15N5/c1-17(2)13-7-5-12(6-8-13)4-3-9-16-18-10-14-15-11-18/h3-11H,1-2H3/b4-3-,16-9-. The van der Waals surface area contributed by atoms with E-state index in [1.54, 1.807) is 10.9 Å². The molecule has 92 valence electrons. The van der Waals surface area contributed by atoms with Gasteiger partial charge in [0.15, 0.2) is 0 Å². The Hall–Kier alpha value is -2.43. The Kier molecular flexibility index (Phi) is 3.86.